The highest BCUT2D eigenvalue weighted by Crippen LogP contribution is 2.21. The molecular weight excluding hydrogens is 364 g/mol. The van der Waals surface area contributed by atoms with Gasteiger partial charge in [0, 0.05) is 18.7 Å². The fourth-order valence-electron chi connectivity index (χ4n) is 3.50. The maximum atomic E-state index is 13.2. The number of anilines is 1. The summed E-state index contributed by atoms with van der Waals surface area (Å²) in [6.45, 7) is 1.41. The van der Waals surface area contributed by atoms with Crippen molar-refractivity contribution in [1.29, 1.82) is 0 Å². The minimum absolute atomic E-state index is 0.158. The number of nitrogens with zero attached hydrogens (tertiary/aromatic N) is 1. The molecule has 0 saturated carbocycles. The van der Waals surface area contributed by atoms with E-state index >= 15 is 0 Å². The lowest BCUT2D eigenvalue weighted by Crippen LogP contribution is -2.39. The van der Waals surface area contributed by atoms with E-state index in [9.17, 15) is 18.4 Å². The van der Waals surface area contributed by atoms with Gasteiger partial charge in [-0.05, 0) is 61.2 Å². The lowest BCUT2D eigenvalue weighted by Gasteiger charge is -2.22. The van der Waals surface area contributed by atoms with E-state index in [0.717, 1.165) is 37.1 Å². The zero-order chi connectivity index (χ0) is 20.1. The maximum absolute atomic E-state index is 13.2. The highest BCUT2D eigenvalue weighted by atomic mass is 19.2. The minimum atomic E-state index is -0.915. The molecule has 2 amide bonds. The number of nitrogens with one attached hydrogen (secondary N) is 1. The molecule has 7 heteroatoms. The Labute approximate surface area is 162 Å². The lowest BCUT2D eigenvalue weighted by atomic mass is 10.1. The number of carbonyl (C=O) groups excluding carboxylic acids is 2. The number of hydrogen-bond acceptors (Lipinski definition) is 3. The molecule has 3 N–H and O–H groups in total. The smallest absolute Gasteiger partial charge is 0.234 e. The van der Waals surface area contributed by atoms with E-state index < -0.39 is 11.6 Å². The SMILES string of the molecule is NC(=O)C1CCCN1Cc1cccc(NC(=O)CCc2ccc(F)c(F)c2)c1. The van der Waals surface area contributed by atoms with E-state index in [2.05, 4.69) is 5.32 Å². The van der Waals surface area contributed by atoms with Gasteiger partial charge in [-0.2, -0.15) is 0 Å². The molecule has 1 atom stereocenters. The third-order valence-electron chi connectivity index (χ3n) is 4.91. The molecule has 28 heavy (non-hydrogen) atoms. The van der Waals surface area contributed by atoms with Crippen molar-refractivity contribution in [1.82, 2.24) is 4.90 Å². The molecule has 148 valence electrons. The predicted octanol–water partition coefficient (Wildman–Crippen LogP) is 2.99. The maximum Gasteiger partial charge on any atom is 0.234 e. The van der Waals surface area contributed by atoms with Crippen LogP contribution < -0.4 is 11.1 Å². The summed E-state index contributed by atoms with van der Waals surface area (Å²) in [4.78, 5) is 25.8. The van der Waals surface area contributed by atoms with Gasteiger partial charge in [-0.1, -0.05) is 18.2 Å². The molecule has 0 aliphatic carbocycles. The van der Waals surface area contributed by atoms with Crippen molar-refractivity contribution in [3.05, 3.63) is 65.2 Å². The highest BCUT2D eigenvalue weighted by Gasteiger charge is 2.28. The first-order chi connectivity index (χ1) is 13.4. The molecule has 2 aromatic rings. The Hall–Kier alpha value is -2.80. The monoisotopic (exact) mass is 387 g/mol. The van der Waals surface area contributed by atoms with Gasteiger partial charge in [0.05, 0.1) is 6.04 Å². The van der Waals surface area contributed by atoms with E-state index in [1.807, 2.05) is 23.1 Å². The molecule has 0 aromatic heterocycles. The summed E-state index contributed by atoms with van der Waals surface area (Å²) in [7, 11) is 0. The van der Waals surface area contributed by atoms with Crippen molar-refractivity contribution in [3.8, 4) is 0 Å². The number of halogens is 2. The first kappa shape index (κ1) is 19.9. The summed E-state index contributed by atoms with van der Waals surface area (Å²) in [5, 5.41) is 2.82. The number of aryl methyl sites for hydroxylation is 1. The van der Waals surface area contributed by atoms with Crippen LogP contribution in [0.1, 0.15) is 30.4 Å². The van der Waals surface area contributed by atoms with E-state index in [4.69, 9.17) is 5.73 Å². The van der Waals surface area contributed by atoms with Crippen molar-refractivity contribution in [2.45, 2.75) is 38.3 Å². The molecule has 1 unspecified atom stereocenters. The molecule has 1 fully saturated rings. The van der Waals surface area contributed by atoms with E-state index in [-0.39, 0.29) is 24.3 Å². The Bertz CT molecular complexity index is 872. The van der Waals surface area contributed by atoms with Crippen molar-refractivity contribution in [2.75, 3.05) is 11.9 Å². The normalized spacial score (nSPS) is 16.9. The van der Waals surface area contributed by atoms with Crippen LogP contribution >= 0.6 is 0 Å². The number of rotatable bonds is 7. The summed E-state index contributed by atoms with van der Waals surface area (Å²) in [5.41, 5.74) is 7.65. The Morgan fingerprint density at radius 3 is 2.68 bits per heavy atom. The number of amides is 2. The standard InChI is InChI=1S/C21H23F2N3O2/c22-17-8-6-14(12-18(17)23)7-9-20(27)25-16-4-1-3-15(11-16)13-26-10-2-5-19(26)21(24)28/h1,3-4,6,8,11-12,19H,2,5,7,9-10,13H2,(H2,24,28)(H,25,27). The second kappa shape index (κ2) is 8.93. The summed E-state index contributed by atoms with van der Waals surface area (Å²) in [5.74, 6) is -2.33. The number of hydrogen-bond donors (Lipinski definition) is 2. The first-order valence-corrected chi connectivity index (χ1v) is 9.28. The molecule has 1 heterocycles. The number of carbonyl (C=O) groups is 2. The van der Waals surface area contributed by atoms with E-state index in [1.54, 1.807) is 6.07 Å². The average molecular weight is 387 g/mol. The number of benzene rings is 2. The van der Waals surface area contributed by atoms with Crippen LogP contribution in [0, 0.1) is 11.6 Å². The van der Waals surface area contributed by atoms with Crippen LogP contribution in [0.3, 0.4) is 0 Å². The van der Waals surface area contributed by atoms with Gasteiger partial charge in [-0.25, -0.2) is 8.78 Å². The van der Waals surface area contributed by atoms with Crippen LogP contribution in [0.15, 0.2) is 42.5 Å². The van der Waals surface area contributed by atoms with Gasteiger partial charge in [0.2, 0.25) is 11.8 Å². The van der Waals surface area contributed by atoms with Crippen molar-refractivity contribution >= 4 is 17.5 Å². The van der Waals surface area contributed by atoms with Gasteiger partial charge in [-0.3, -0.25) is 14.5 Å². The summed E-state index contributed by atoms with van der Waals surface area (Å²) in [6, 6.07) is 10.8. The topological polar surface area (TPSA) is 75.4 Å². The van der Waals surface area contributed by atoms with Gasteiger partial charge < -0.3 is 11.1 Å². The largest absolute Gasteiger partial charge is 0.368 e. The van der Waals surface area contributed by atoms with Gasteiger partial charge in [0.1, 0.15) is 0 Å². The molecule has 0 radical (unpaired) electrons. The Morgan fingerprint density at radius 2 is 1.93 bits per heavy atom. The fraction of sp³-hybridized carbons (Fsp3) is 0.333. The second-order valence-corrected chi connectivity index (χ2v) is 7.03. The number of likely N-dealkylation sites (tertiary alicyclic amines) is 1. The van der Waals surface area contributed by atoms with Gasteiger partial charge in [0.25, 0.3) is 0 Å². The van der Waals surface area contributed by atoms with E-state index in [1.165, 1.54) is 6.07 Å². The van der Waals surface area contributed by atoms with Crippen LogP contribution in [0.5, 0.6) is 0 Å². The van der Waals surface area contributed by atoms with Crippen LogP contribution in [-0.4, -0.2) is 29.3 Å². The Kier molecular flexibility index (Phi) is 6.36. The Balaban J connectivity index is 1.55. The average Bonchev–Trinajstić information content (AvgIpc) is 3.11. The van der Waals surface area contributed by atoms with Crippen LogP contribution in [0.25, 0.3) is 0 Å². The molecule has 5 nitrogen and oxygen atoms in total. The zero-order valence-electron chi connectivity index (χ0n) is 15.5. The minimum Gasteiger partial charge on any atom is -0.368 e. The Morgan fingerprint density at radius 1 is 1.11 bits per heavy atom. The van der Waals surface area contributed by atoms with Crippen LogP contribution in [0.4, 0.5) is 14.5 Å². The summed E-state index contributed by atoms with van der Waals surface area (Å²) >= 11 is 0. The van der Waals surface area contributed by atoms with Crippen LogP contribution in [-0.2, 0) is 22.6 Å². The van der Waals surface area contributed by atoms with Crippen molar-refractivity contribution in [3.63, 3.8) is 0 Å². The molecule has 1 saturated heterocycles. The van der Waals surface area contributed by atoms with Gasteiger partial charge >= 0.3 is 0 Å². The number of primary amides is 1. The molecule has 0 spiro atoms. The predicted molar refractivity (Wildman–Crippen MR) is 102 cm³/mol. The highest BCUT2D eigenvalue weighted by molar-refractivity contribution is 5.90. The van der Waals surface area contributed by atoms with E-state index in [0.29, 0.717) is 24.2 Å². The third kappa shape index (κ3) is 5.13. The van der Waals surface area contributed by atoms with Gasteiger partial charge in [-0.15, -0.1) is 0 Å². The van der Waals surface area contributed by atoms with Crippen molar-refractivity contribution < 1.29 is 18.4 Å². The second-order valence-electron chi connectivity index (χ2n) is 7.03. The lowest BCUT2D eigenvalue weighted by molar-refractivity contribution is -0.122. The first-order valence-electron chi connectivity index (χ1n) is 9.28. The molecule has 1 aliphatic heterocycles. The molecule has 3 rings (SSSR count). The fourth-order valence-corrected chi connectivity index (χ4v) is 3.50. The van der Waals surface area contributed by atoms with Gasteiger partial charge in [0.15, 0.2) is 11.6 Å². The molecule has 1 aliphatic rings. The zero-order valence-corrected chi connectivity index (χ0v) is 15.5. The molecular formula is C21H23F2N3O2. The van der Waals surface area contributed by atoms with Crippen LogP contribution in [0.2, 0.25) is 0 Å². The molecule has 2 aromatic carbocycles. The molecule has 0 bridgehead atoms. The quantitative estimate of drug-likeness (QED) is 0.767. The summed E-state index contributed by atoms with van der Waals surface area (Å²) in [6.07, 6.45) is 2.19. The van der Waals surface area contributed by atoms with Crippen molar-refractivity contribution in [2.24, 2.45) is 5.73 Å². The third-order valence-corrected chi connectivity index (χ3v) is 4.91. The summed E-state index contributed by atoms with van der Waals surface area (Å²) < 4.78 is 26.2. The number of nitrogens with two attached hydrogens (primary N) is 1.